The molecule has 0 radical (unpaired) electrons. The summed E-state index contributed by atoms with van der Waals surface area (Å²) in [6.07, 6.45) is -2.48. The number of nitrogens with zero attached hydrogens (tertiary/aromatic N) is 4. The average molecular weight is 572 g/mol. The molecular formula is C24H22ClF4N5O3S. The first-order valence-corrected chi connectivity index (χ1v) is 13.2. The van der Waals surface area contributed by atoms with Crippen LogP contribution in [0.4, 0.5) is 17.6 Å². The Morgan fingerprint density at radius 1 is 1.13 bits per heavy atom. The lowest BCUT2D eigenvalue weighted by Crippen LogP contribution is -2.48. The first kappa shape index (κ1) is 27.9. The Bertz CT molecular complexity index is 1440. The topological polar surface area (TPSA) is 105 Å². The van der Waals surface area contributed by atoms with Gasteiger partial charge >= 0.3 is 6.18 Å². The smallest absolute Gasteiger partial charge is 0.351 e. The summed E-state index contributed by atoms with van der Waals surface area (Å²) in [4.78, 5) is 23.8. The first-order chi connectivity index (χ1) is 17.8. The van der Waals surface area contributed by atoms with E-state index in [0.29, 0.717) is 5.56 Å². The number of halogens is 5. The Labute approximate surface area is 221 Å². The second kappa shape index (κ2) is 10.5. The second-order valence-corrected chi connectivity index (χ2v) is 11.2. The lowest BCUT2D eigenvalue weighted by molar-refractivity contribution is -0.145. The van der Waals surface area contributed by atoms with Gasteiger partial charge in [0.25, 0.3) is 0 Å². The largest absolute Gasteiger partial charge is 0.451 e. The molecule has 0 aliphatic carbocycles. The summed E-state index contributed by atoms with van der Waals surface area (Å²) in [6, 6.07) is 5.87. The van der Waals surface area contributed by atoms with E-state index in [4.69, 9.17) is 11.6 Å². The van der Waals surface area contributed by atoms with E-state index >= 15 is 0 Å². The molecule has 0 unspecified atom stereocenters. The van der Waals surface area contributed by atoms with Crippen molar-refractivity contribution < 1.29 is 30.8 Å². The van der Waals surface area contributed by atoms with E-state index in [1.54, 1.807) is 6.92 Å². The van der Waals surface area contributed by atoms with Gasteiger partial charge in [0.15, 0.2) is 0 Å². The number of sulfonamides is 1. The lowest BCUT2D eigenvalue weighted by Gasteiger charge is -2.27. The standard InChI is InChI=1S/C24H22ClF4N5O3S/c1-13-7-20(34(14(13)2)38(36,37)18-5-3-17(26)4-6-18)22(35)30-10-15-8-19(33-21(25)9-15)16-11-31-23(32-12-16)24(27,28)29/h3-6,8-9,11-14,20H,7,10H2,1-2H3,(H,30,35)/t13-,14+,20+/m1/s1. The van der Waals surface area contributed by atoms with Crippen LogP contribution in [0.15, 0.2) is 53.7 Å². The quantitative estimate of drug-likeness (QED) is 0.346. The van der Waals surface area contributed by atoms with Crippen LogP contribution in [0.25, 0.3) is 11.3 Å². The lowest BCUT2D eigenvalue weighted by atomic mass is 10.0. The van der Waals surface area contributed by atoms with E-state index in [-0.39, 0.29) is 40.2 Å². The number of carbonyl (C=O) groups excluding carboxylic acids is 1. The fraction of sp³-hybridized carbons (Fsp3) is 0.333. The Kier molecular flexibility index (Phi) is 7.73. The monoisotopic (exact) mass is 571 g/mol. The second-order valence-electron chi connectivity index (χ2n) is 8.95. The first-order valence-electron chi connectivity index (χ1n) is 11.4. The van der Waals surface area contributed by atoms with Gasteiger partial charge in [-0.2, -0.15) is 17.5 Å². The molecule has 8 nitrogen and oxygen atoms in total. The van der Waals surface area contributed by atoms with Gasteiger partial charge in [-0.25, -0.2) is 27.8 Å². The third kappa shape index (κ3) is 5.79. The summed E-state index contributed by atoms with van der Waals surface area (Å²) >= 11 is 6.09. The highest BCUT2D eigenvalue weighted by molar-refractivity contribution is 7.89. The van der Waals surface area contributed by atoms with Crippen molar-refractivity contribution in [2.45, 2.75) is 50.0 Å². The van der Waals surface area contributed by atoms with E-state index in [0.717, 1.165) is 41.0 Å². The van der Waals surface area contributed by atoms with E-state index in [1.807, 2.05) is 6.92 Å². The van der Waals surface area contributed by atoms with E-state index in [9.17, 15) is 30.8 Å². The molecule has 0 saturated carbocycles. The molecule has 202 valence electrons. The third-order valence-electron chi connectivity index (χ3n) is 6.34. The van der Waals surface area contributed by atoms with Crippen LogP contribution in [-0.2, 0) is 27.5 Å². The minimum absolute atomic E-state index is 0.0234. The molecule has 1 amide bonds. The maximum absolute atomic E-state index is 13.3. The van der Waals surface area contributed by atoms with Crippen molar-refractivity contribution in [1.82, 2.24) is 24.6 Å². The minimum atomic E-state index is -4.69. The molecule has 3 heterocycles. The number of carbonyl (C=O) groups is 1. The molecule has 3 atom stereocenters. The van der Waals surface area contributed by atoms with Crippen molar-refractivity contribution in [1.29, 1.82) is 0 Å². The number of alkyl halides is 3. The van der Waals surface area contributed by atoms with Gasteiger partial charge < -0.3 is 5.32 Å². The van der Waals surface area contributed by atoms with Gasteiger partial charge in [-0.3, -0.25) is 4.79 Å². The molecule has 0 bridgehead atoms. The fourth-order valence-corrected chi connectivity index (χ4v) is 6.36. The molecule has 1 saturated heterocycles. The van der Waals surface area contributed by atoms with Crippen LogP contribution in [-0.4, -0.2) is 45.7 Å². The van der Waals surface area contributed by atoms with Crippen LogP contribution in [0.3, 0.4) is 0 Å². The summed E-state index contributed by atoms with van der Waals surface area (Å²) in [6.45, 7) is 3.49. The highest BCUT2D eigenvalue weighted by atomic mass is 35.5. The number of pyridine rings is 1. The van der Waals surface area contributed by atoms with Crippen LogP contribution in [0, 0.1) is 11.7 Å². The van der Waals surface area contributed by atoms with E-state index in [2.05, 4.69) is 20.3 Å². The molecule has 1 aromatic carbocycles. The zero-order valence-corrected chi connectivity index (χ0v) is 21.6. The molecule has 1 N–H and O–H groups in total. The summed E-state index contributed by atoms with van der Waals surface area (Å²) in [7, 11) is -4.10. The van der Waals surface area contributed by atoms with Crippen LogP contribution in [0.1, 0.15) is 31.7 Å². The number of rotatable bonds is 6. The predicted octanol–water partition coefficient (Wildman–Crippen LogP) is 4.45. The van der Waals surface area contributed by atoms with Gasteiger partial charge in [0.1, 0.15) is 17.0 Å². The highest BCUT2D eigenvalue weighted by Gasteiger charge is 2.47. The molecule has 1 aliphatic heterocycles. The SMILES string of the molecule is C[C@@H]1C[C@@H](C(=O)NCc2cc(Cl)nc(-c3cnc(C(F)(F)F)nc3)c2)N(S(=O)(=O)c2ccc(F)cc2)[C@H]1C. The van der Waals surface area contributed by atoms with Crippen LogP contribution >= 0.6 is 11.6 Å². The van der Waals surface area contributed by atoms with E-state index < -0.39 is 45.8 Å². The molecule has 4 rings (SSSR count). The Morgan fingerprint density at radius 3 is 2.37 bits per heavy atom. The van der Waals surface area contributed by atoms with Gasteiger partial charge in [0.2, 0.25) is 21.8 Å². The van der Waals surface area contributed by atoms with Gasteiger partial charge in [-0.15, -0.1) is 0 Å². The Morgan fingerprint density at radius 2 is 1.76 bits per heavy atom. The Hall–Kier alpha value is -3.16. The number of amides is 1. The molecule has 1 fully saturated rings. The van der Waals surface area contributed by atoms with Crippen molar-refractivity contribution >= 4 is 27.5 Å². The number of aromatic nitrogens is 3. The normalized spacial score (nSPS) is 20.4. The van der Waals surface area contributed by atoms with Crippen LogP contribution in [0.5, 0.6) is 0 Å². The summed E-state index contributed by atoms with van der Waals surface area (Å²) < 4.78 is 79.4. The number of nitrogens with one attached hydrogen (secondary N) is 1. The van der Waals surface area contributed by atoms with Crippen molar-refractivity contribution in [2.75, 3.05) is 0 Å². The predicted molar refractivity (Wildman–Crippen MR) is 130 cm³/mol. The number of hydrogen-bond donors (Lipinski definition) is 1. The van der Waals surface area contributed by atoms with Crippen molar-refractivity contribution in [3.05, 3.63) is 71.2 Å². The molecule has 38 heavy (non-hydrogen) atoms. The highest BCUT2D eigenvalue weighted by Crippen LogP contribution is 2.35. The fourth-order valence-electron chi connectivity index (χ4n) is 4.24. The molecule has 2 aromatic heterocycles. The molecule has 0 spiro atoms. The zero-order valence-electron chi connectivity index (χ0n) is 20.1. The van der Waals surface area contributed by atoms with Crippen molar-refractivity contribution in [2.24, 2.45) is 5.92 Å². The molecule has 1 aliphatic rings. The van der Waals surface area contributed by atoms with Gasteiger partial charge in [0, 0.05) is 30.5 Å². The zero-order chi connectivity index (χ0) is 27.8. The molecule has 3 aromatic rings. The summed E-state index contributed by atoms with van der Waals surface area (Å²) in [5.41, 5.74) is 0.850. The number of hydrogen-bond acceptors (Lipinski definition) is 6. The maximum Gasteiger partial charge on any atom is 0.451 e. The van der Waals surface area contributed by atoms with E-state index in [1.165, 1.54) is 12.1 Å². The molecular weight excluding hydrogens is 550 g/mol. The molecule has 14 heteroatoms. The number of benzene rings is 1. The maximum atomic E-state index is 13.3. The minimum Gasteiger partial charge on any atom is -0.351 e. The third-order valence-corrected chi connectivity index (χ3v) is 8.54. The van der Waals surface area contributed by atoms with Gasteiger partial charge in [-0.1, -0.05) is 18.5 Å². The average Bonchev–Trinajstić information content (AvgIpc) is 3.17. The van der Waals surface area contributed by atoms with Gasteiger partial charge in [0.05, 0.1) is 10.6 Å². The Balaban J connectivity index is 1.53. The summed E-state index contributed by atoms with van der Waals surface area (Å²) in [5.74, 6) is -2.54. The van der Waals surface area contributed by atoms with Crippen LogP contribution in [0.2, 0.25) is 5.15 Å². The van der Waals surface area contributed by atoms with Crippen molar-refractivity contribution in [3.63, 3.8) is 0 Å². The van der Waals surface area contributed by atoms with Gasteiger partial charge in [-0.05, 0) is 61.2 Å². The van der Waals surface area contributed by atoms with Crippen molar-refractivity contribution in [3.8, 4) is 11.3 Å². The summed E-state index contributed by atoms with van der Waals surface area (Å²) in [5, 5.41) is 2.73. The van der Waals surface area contributed by atoms with Crippen LogP contribution < -0.4 is 5.32 Å².